The smallest absolute Gasteiger partial charge is 0.180 e. The van der Waals surface area contributed by atoms with Gasteiger partial charge in [0.2, 0.25) is 0 Å². The number of hydrogen-bond acceptors (Lipinski definition) is 4. The molecule has 0 N–H and O–H groups in total. The van der Waals surface area contributed by atoms with Crippen molar-refractivity contribution in [3.8, 4) is 22.8 Å². The Hall–Kier alpha value is -5.19. The molecule has 9 rings (SSSR count). The molecule has 41 heavy (non-hydrogen) atoms. The van der Waals surface area contributed by atoms with Crippen molar-refractivity contribution in [3.63, 3.8) is 0 Å². The number of pyridine rings is 1. The van der Waals surface area contributed by atoms with Gasteiger partial charge in [0, 0.05) is 47.3 Å². The minimum Gasteiger partial charge on any atom is -0.243 e. The van der Waals surface area contributed by atoms with E-state index in [0.717, 1.165) is 60.3 Å². The first-order valence-corrected chi connectivity index (χ1v) is 14.5. The molecule has 0 spiro atoms. The average molecular weight is 540 g/mol. The molecule has 0 atom stereocenters. The Labute approximate surface area is 239 Å². The molecule has 9 aromatic rings. The Kier molecular flexibility index (Phi) is 4.77. The fraction of sp³-hybridized carbons (Fsp3) is 0. The predicted octanol–water partition coefficient (Wildman–Crippen LogP) is 10.2. The van der Waals surface area contributed by atoms with Crippen LogP contribution >= 0.6 is 11.3 Å². The van der Waals surface area contributed by atoms with Crippen LogP contribution < -0.4 is 0 Å². The number of nitrogens with zero attached hydrogens (tertiary/aromatic N) is 3. The van der Waals surface area contributed by atoms with Gasteiger partial charge in [0.1, 0.15) is 5.69 Å². The summed E-state index contributed by atoms with van der Waals surface area (Å²) in [7, 11) is 0. The number of rotatable bonds is 2. The minimum absolute atomic E-state index is 0.641. The highest BCUT2D eigenvalue weighted by Crippen LogP contribution is 2.42. The first kappa shape index (κ1) is 22.6. The fourth-order valence-corrected chi connectivity index (χ4v) is 7.29. The quantitative estimate of drug-likeness (QED) is 0.205. The van der Waals surface area contributed by atoms with Crippen LogP contribution in [-0.4, -0.2) is 15.0 Å². The third kappa shape index (κ3) is 3.35. The summed E-state index contributed by atoms with van der Waals surface area (Å²) >= 11 is 1.82. The number of thiophene rings is 1. The summed E-state index contributed by atoms with van der Waals surface area (Å²) in [6.45, 7) is 0. The Morgan fingerprint density at radius 2 is 1.10 bits per heavy atom. The first-order valence-electron chi connectivity index (χ1n) is 13.7. The summed E-state index contributed by atoms with van der Waals surface area (Å²) in [5.41, 5.74) is 4.73. The van der Waals surface area contributed by atoms with Crippen LogP contribution in [-0.2, 0) is 0 Å². The van der Waals surface area contributed by atoms with Gasteiger partial charge >= 0.3 is 0 Å². The molecule has 6 aromatic carbocycles. The van der Waals surface area contributed by atoms with Gasteiger partial charge in [-0.25, -0.2) is 15.0 Å². The van der Waals surface area contributed by atoms with Crippen LogP contribution in [0.5, 0.6) is 0 Å². The van der Waals surface area contributed by atoms with Crippen LogP contribution in [0.25, 0.3) is 86.3 Å². The van der Waals surface area contributed by atoms with Gasteiger partial charge in [-0.3, -0.25) is 0 Å². The van der Waals surface area contributed by atoms with Gasteiger partial charge in [0.05, 0.1) is 16.7 Å². The van der Waals surface area contributed by atoms with Crippen molar-refractivity contribution in [2.75, 3.05) is 0 Å². The lowest BCUT2D eigenvalue weighted by atomic mass is 9.99. The van der Waals surface area contributed by atoms with Gasteiger partial charge in [0.15, 0.2) is 5.82 Å². The monoisotopic (exact) mass is 539 g/mol. The molecule has 0 bridgehead atoms. The van der Waals surface area contributed by atoms with Gasteiger partial charge < -0.3 is 0 Å². The second kappa shape index (κ2) is 8.65. The molecule has 4 heteroatoms. The molecule has 0 fully saturated rings. The van der Waals surface area contributed by atoms with Crippen LogP contribution in [0.2, 0.25) is 0 Å². The van der Waals surface area contributed by atoms with Gasteiger partial charge in [-0.1, -0.05) is 109 Å². The summed E-state index contributed by atoms with van der Waals surface area (Å²) in [4.78, 5) is 16.0. The van der Waals surface area contributed by atoms with E-state index in [1.54, 1.807) is 0 Å². The molecule has 0 aliphatic carbocycles. The summed E-state index contributed by atoms with van der Waals surface area (Å²) in [6, 6.07) is 44.7. The largest absolute Gasteiger partial charge is 0.243 e. The molecular formula is C37H21N3S. The second-order valence-corrected chi connectivity index (χ2v) is 11.5. The van der Waals surface area contributed by atoms with Crippen molar-refractivity contribution in [2.45, 2.75) is 0 Å². The van der Waals surface area contributed by atoms with E-state index in [1.807, 2.05) is 17.4 Å². The number of hydrogen-bond donors (Lipinski definition) is 0. The minimum atomic E-state index is 0.641. The van der Waals surface area contributed by atoms with Crippen molar-refractivity contribution in [1.82, 2.24) is 15.0 Å². The summed E-state index contributed by atoms with van der Waals surface area (Å²) in [5.74, 6) is 0.641. The standard InChI is InChI=1S/C37H21N3S/c1-2-11-23(12-3-1)33-29-19-18-22-10-4-5-13-24(22)34(29)40-37(39-33)36-26-15-7-6-14-25(26)27-20-21-31-32(35(27)38-36)28-16-8-9-17-30(28)41-31/h1-21H. The maximum atomic E-state index is 5.43. The van der Waals surface area contributed by atoms with Gasteiger partial charge in [0.25, 0.3) is 0 Å². The molecule has 0 amide bonds. The third-order valence-electron chi connectivity index (χ3n) is 8.06. The molecule has 3 heterocycles. The van der Waals surface area contributed by atoms with Crippen molar-refractivity contribution in [1.29, 1.82) is 0 Å². The zero-order valence-electron chi connectivity index (χ0n) is 21.9. The van der Waals surface area contributed by atoms with E-state index in [0.29, 0.717) is 5.82 Å². The van der Waals surface area contributed by atoms with Gasteiger partial charge in [-0.05, 0) is 29.0 Å². The normalized spacial score (nSPS) is 11.9. The van der Waals surface area contributed by atoms with Crippen LogP contribution in [0.1, 0.15) is 0 Å². The van der Waals surface area contributed by atoms with Crippen LogP contribution in [0.15, 0.2) is 127 Å². The van der Waals surface area contributed by atoms with E-state index in [9.17, 15) is 0 Å². The lowest BCUT2D eigenvalue weighted by molar-refractivity contribution is 1.21. The summed E-state index contributed by atoms with van der Waals surface area (Å²) < 4.78 is 2.51. The Balaban J connectivity index is 1.46. The molecule has 0 radical (unpaired) electrons. The molecule has 3 nitrogen and oxygen atoms in total. The Morgan fingerprint density at radius 3 is 1.98 bits per heavy atom. The molecule has 0 aliphatic rings. The first-order chi connectivity index (χ1) is 20.3. The lowest BCUT2D eigenvalue weighted by Crippen LogP contribution is -1.99. The fourth-order valence-electron chi connectivity index (χ4n) is 6.18. The van der Waals surface area contributed by atoms with Crippen LogP contribution in [0.4, 0.5) is 0 Å². The van der Waals surface area contributed by atoms with E-state index >= 15 is 0 Å². The predicted molar refractivity (Wildman–Crippen MR) is 174 cm³/mol. The molecule has 3 aromatic heterocycles. The highest BCUT2D eigenvalue weighted by atomic mass is 32.1. The molecule has 0 saturated carbocycles. The number of aromatic nitrogens is 3. The van der Waals surface area contributed by atoms with Crippen molar-refractivity contribution < 1.29 is 0 Å². The highest BCUT2D eigenvalue weighted by molar-refractivity contribution is 7.26. The number of fused-ring (bicyclic) bond motifs is 10. The Bertz CT molecular complexity index is 2480. The van der Waals surface area contributed by atoms with E-state index in [4.69, 9.17) is 15.0 Å². The zero-order chi connectivity index (χ0) is 26.9. The van der Waals surface area contributed by atoms with Crippen molar-refractivity contribution in [2.24, 2.45) is 0 Å². The maximum Gasteiger partial charge on any atom is 0.180 e. The van der Waals surface area contributed by atoms with Crippen LogP contribution in [0, 0.1) is 0 Å². The molecule has 0 aliphatic heterocycles. The summed E-state index contributed by atoms with van der Waals surface area (Å²) in [6.07, 6.45) is 0. The zero-order valence-corrected chi connectivity index (χ0v) is 22.7. The van der Waals surface area contributed by atoms with E-state index in [-0.39, 0.29) is 0 Å². The van der Waals surface area contributed by atoms with E-state index < -0.39 is 0 Å². The average Bonchev–Trinajstić information content (AvgIpc) is 3.43. The summed E-state index contributed by atoms with van der Waals surface area (Å²) in [5, 5.41) is 9.11. The highest BCUT2D eigenvalue weighted by Gasteiger charge is 2.19. The van der Waals surface area contributed by atoms with Crippen molar-refractivity contribution >= 4 is 74.9 Å². The van der Waals surface area contributed by atoms with Gasteiger partial charge in [-0.2, -0.15) is 0 Å². The SMILES string of the molecule is c1ccc(-c2nc(-c3nc4c(ccc5sc6ccccc6c54)c4ccccc34)nc3c2ccc2ccccc23)cc1. The van der Waals surface area contributed by atoms with E-state index in [2.05, 4.69) is 121 Å². The van der Waals surface area contributed by atoms with Gasteiger partial charge in [-0.15, -0.1) is 11.3 Å². The Morgan fingerprint density at radius 1 is 0.390 bits per heavy atom. The van der Waals surface area contributed by atoms with E-state index in [1.165, 1.54) is 20.2 Å². The molecular weight excluding hydrogens is 518 g/mol. The molecule has 190 valence electrons. The molecule has 0 saturated heterocycles. The second-order valence-electron chi connectivity index (χ2n) is 10.4. The molecule has 0 unspecified atom stereocenters. The van der Waals surface area contributed by atoms with Crippen molar-refractivity contribution in [3.05, 3.63) is 127 Å². The lowest BCUT2D eigenvalue weighted by Gasteiger charge is -2.14. The topological polar surface area (TPSA) is 38.7 Å². The third-order valence-corrected chi connectivity index (χ3v) is 9.20. The maximum absolute atomic E-state index is 5.43. The van der Waals surface area contributed by atoms with Crippen LogP contribution in [0.3, 0.4) is 0 Å². The number of benzene rings is 6.